The Morgan fingerprint density at radius 2 is 1.81 bits per heavy atom. The Morgan fingerprint density at radius 1 is 1.15 bits per heavy atom. The van der Waals surface area contributed by atoms with E-state index in [0.717, 1.165) is 16.9 Å². The van der Waals surface area contributed by atoms with Gasteiger partial charge >= 0.3 is 0 Å². The standard InChI is InChI=1S/C18H16N2O5S2/c1-10-3-8-14-16(17(10)27(23,24)25)26-18(20-14)12-4-6-13(7-5-12)19-15(22)9-11(2)21/h3-8H,9H2,1-2H3,(H,19,22)(H,23,24,25). The molecule has 0 bridgehead atoms. The number of amides is 1. The summed E-state index contributed by atoms with van der Waals surface area (Å²) in [5.74, 6) is -0.605. The van der Waals surface area contributed by atoms with Gasteiger partial charge in [0, 0.05) is 11.3 Å². The normalized spacial score (nSPS) is 11.5. The molecule has 0 atom stereocenters. The van der Waals surface area contributed by atoms with Gasteiger partial charge in [-0.2, -0.15) is 8.42 Å². The van der Waals surface area contributed by atoms with Crippen molar-refractivity contribution in [3.63, 3.8) is 0 Å². The zero-order valence-electron chi connectivity index (χ0n) is 14.5. The molecule has 3 rings (SSSR count). The van der Waals surface area contributed by atoms with Crippen LogP contribution in [0.4, 0.5) is 5.69 Å². The quantitative estimate of drug-likeness (QED) is 0.497. The molecular weight excluding hydrogens is 388 g/mol. The number of nitrogens with one attached hydrogen (secondary N) is 1. The number of rotatable bonds is 5. The van der Waals surface area contributed by atoms with E-state index in [1.807, 2.05) is 0 Å². The van der Waals surface area contributed by atoms with Crippen molar-refractivity contribution < 1.29 is 22.6 Å². The van der Waals surface area contributed by atoms with Gasteiger partial charge in [0.25, 0.3) is 10.1 Å². The van der Waals surface area contributed by atoms with Gasteiger partial charge < -0.3 is 5.32 Å². The predicted molar refractivity (Wildman–Crippen MR) is 104 cm³/mol. The number of carbonyl (C=O) groups is 2. The fraction of sp³-hybridized carbons (Fsp3) is 0.167. The maximum Gasteiger partial charge on any atom is 0.296 e. The van der Waals surface area contributed by atoms with Crippen LogP contribution in [-0.2, 0) is 19.7 Å². The number of carbonyl (C=O) groups excluding carboxylic acids is 2. The average molecular weight is 404 g/mol. The van der Waals surface area contributed by atoms with Crippen molar-refractivity contribution in [2.45, 2.75) is 25.2 Å². The number of aryl methyl sites for hydroxylation is 1. The molecule has 0 aliphatic carbocycles. The summed E-state index contributed by atoms with van der Waals surface area (Å²) in [5.41, 5.74) is 2.20. The Hall–Kier alpha value is -2.62. The Balaban J connectivity index is 1.94. The molecule has 1 amide bonds. The van der Waals surface area contributed by atoms with Gasteiger partial charge in [0.05, 0.1) is 16.6 Å². The highest BCUT2D eigenvalue weighted by Gasteiger charge is 2.20. The lowest BCUT2D eigenvalue weighted by Gasteiger charge is -2.04. The third-order valence-corrected chi connectivity index (χ3v) is 6.10. The highest BCUT2D eigenvalue weighted by Crippen LogP contribution is 2.36. The monoisotopic (exact) mass is 404 g/mol. The van der Waals surface area contributed by atoms with Gasteiger partial charge in [0.2, 0.25) is 5.91 Å². The molecule has 7 nitrogen and oxygen atoms in total. The number of hydrogen-bond donors (Lipinski definition) is 2. The first kappa shape index (κ1) is 19.2. The zero-order valence-corrected chi connectivity index (χ0v) is 16.1. The number of aromatic nitrogens is 1. The largest absolute Gasteiger partial charge is 0.326 e. The molecule has 0 aliphatic heterocycles. The van der Waals surface area contributed by atoms with Gasteiger partial charge in [-0.05, 0) is 49.7 Å². The van der Waals surface area contributed by atoms with Crippen molar-refractivity contribution in [3.05, 3.63) is 42.0 Å². The number of benzene rings is 2. The smallest absolute Gasteiger partial charge is 0.296 e. The topological polar surface area (TPSA) is 113 Å². The minimum Gasteiger partial charge on any atom is -0.326 e. The minimum atomic E-state index is -4.36. The average Bonchev–Trinajstić information content (AvgIpc) is 2.97. The maximum atomic E-state index is 11.7. The number of fused-ring (bicyclic) bond motifs is 1. The predicted octanol–water partition coefficient (Wildman–Crippen LogP) is 3.44. The summed E-state index contributed by atoms with van der Waals surface area (Å²) in [6, 6.07) is 10.1. The van der Waals surface area contributed by atoms with Gasteiger partial charge in [-0.3, -0.25) is 14.1 Å². The van der Waals surface area contributed by atoms with Crippen LogP contribution in [-0.4, -0.2) is 29.6 Å². The van der Waals surface area contributed by atoms with Crippen LogP contribution < -0.4 is 5.32 Å². The molecule has 140 valence electrons. The van der Waals surface area contributed by atoms with E-state index in [-0.39, 0.29) is 23.0 Å². The highest BCUT2D eigenvalue weighted by atomic mass is 32.2. The van der Waals surface area contributed by atoms with Crippen molar-refractivity contribution in [1.29, 1.82) is 0 Å². The Labute approximate surface area is 159 Å². The van der Waals surface area contributed by atoms with E-state index in [1.54, 1.807) is 43.3 Å². The van der Waals surface area contributed by atoms with E-state index in [9.17, 15) is 22.6 Å². The molecule has 9 heteroatoms. The second kappa shape index (κ2) is 7.18. The van der Waals surface area contributed by atoms with Crippen LogP contribution in [0.15, 0.2) is 41.3 Å². The van der Waals surface area contributed by atoms with Gasteiger partial charge in [-0.15, -0.1) is 11.3 Å². The summed E-state index contributed by atoms with van der Waals surface area (Å²) in [5, 5.41) is 3.21. The van der Waals surface area contributed by atoms with E-state index >= 15 is 0 Å². The Bertz CT molecular complexity index is 1150. The lowest BCUT2D eigenvalue weighted by molar-refractivity contribution is -0.124. The number of anilines is 1. The zero-order chi connectivity index (χ0) is 19.8. The Kier molecular flexibility index (Phi) is 5.09. The minimum absolute atomic E-state index is 0.128. The van der Waals surface area contributed by atoms with Crippen LogP contribution in [0.1, 0.15) is 18.9 Å². The lowest BCUT2D eigenvalue weighted by Crippen LogP contribution is -2.14. The summed E-state index contributed by atoms with van der Waals surface area (Å²) < 4.78 is 33.3. The van der Waals surface area contributed by atoms with Crippen molar-refractivity contribution in [2.75, 3.05) is 5.32 Å². The van der Waals surface area contributed by atoms with Crippen LogP contribution in [0.2, 0.25) is 0 Å². The molecule has 0 saturated carbocycles. The summed E-state index contributed by atoms with van der Waals surface area (Å²) in [6.07, 6.45) is -0.183. The molecule has 27 heavy (non-hydrogen) atoms. The third-order valence-electron chi connectivity index (χ3n) is 3.79. The first-order valence-corrected chi connectivity index (χ1v) is 10.2. The number of hydrogen-bond acceptors (Lipinski definition) is 6. The summed E-state index contributed by atoms with van der Waals surface area (Å²) in [7, 11) is -4.36. The first-order chi connectivity index (χ1) is 12.6. The molecule has 1 aromatic heterocycles. The fourth-order valence-corrected chi connectivity index (χ4v) is 4.96. The fourth-order valence-electron chi connectivity index (χ4n) is 2.64. The number of thiazole rings is 1. The molecule has 2 aromatic carbocycles. The number of nitrogens with zero attached hydrogens (tertiary/aromatic N) is 1. The van der Waals surface area contributed by atoms with Crippen LogP contribution in [0, 0.1) is 6.92 Å². The van der Waals surface area contributed by atoms with E-state index in [0.29, 0.717) is 26.5 Å². The molecule has 0 aliphatic rings. The maximum absolute atomic E-state index is 11.7. The van der Waals surface area contributed by atoms with Crippen molar-refractivity contribution in [1.82, 2.24) is 4.98 Å². The molecule has 0 saturated heterocycles. The molecule has 3 aromatic rings. The Morgan fingerprint density at radius 3 is 2.41 bits per heavy atom. The lowest BCUT2D eigenvalue weighted by atomic mass is 10.2. The van der Waals surface area contributed by atoms with E-state index < -0.39 is 10.1 Å². The second-order valence-corrected chi connectivity index (χ2v) is 8.42. The number of ketones is 1. The number of Topliss-reactive ketones (excluding diaryl/α,β-unsaturated/α-hetero) is 1. The van der Waals surface area contributed by atoms with Crippen LogP contribution in [0.5, 0.6) is 0 Å². The van der Waals surface area contributed by atoms with Crippen molar-refractivity contribution in [2.24, 2.45) is 0 Å². The summed E-state index contributed by atoms with van der Waals surface area (Å²) in [6.45, 7) is 2.96. The van der Waals surface area contributed by atoms with Crippen LogP contribution in [0.3, 0.4) is 0 Å². The van der Waals surface area contributed by atoms with Gasteiger partial charge in [-0.1, -0.05) is 6.07 Å². The van der Waals surface area contributed by atoms with E-state index in [2.05, 4.69) is 10.3 Å². The van der Waals surface area contributed by atoms with E-state index in [4.69, 9.17) is 0 Å². The second-order valence-electron chi connectivity index (χ2n) is 6.06. The molecule has 0 fully saturated rings. The molecular formula is C18H16N2O5S2. The molecule has 1 heterocycles. The molecule has 0 unspecified atom stereocenters. The summed E-state index contributed by atoms with van der Waals surface area (Å²) in [4.78, 5) is 26.9. The molecule has 0 radical (unpaired) electrons. The molecule has 0 spiro atoms. The molecule has 2 N–H and O–H groups in total. The van der Waals surface area contributed by atoms with Gasteiger partial charge in [-0.25, -0.2) is 4.98 Å². The van der Waals surface area contributed by atoms with E-state index in [1.165, 1.54) is 6.92 Å². The highest BCUT2D eigenvalue weighted by molar-refractivity contribution is 7.86. The summed E-state index contributed by atoms with van der Waals surface area (Å²) >= 11 is 1.16. The van der Waals surface area contributed by atoms with Crippen LogP contribution >= 0.6 is 11.3 Å². The van der Waals surface area contributed by atoms with Gasteiger partial charge in [0.15, 0.2) is 0 Å². The van der Waals surface area contributed by atoms with Crippen molar-refractivity contribution in [3.8, 4) is 10.6 Å². The first-order valence-electron chi connectivity index (χ1n) is 7.92. The van der Waals surface area contributed by atoms with Gasteiger partial charge in [0.1, 0.15) is 15.7 Å². The van der Waals surface area contributed by atoms with Crippen LogP contribution in [0.25, 0.3) is 20.8 Å². The SMILES string of the molecule is CC(=O)CC(=O)Nc1ccc(-c2nc3ccc(C)c(S(=O)(=O)O)c3s2)cc1. The van der Waals surface area contributed by atoms with Crippen molar-refractivity contribution >= 4 is 49.0 Å². The third kappa shape index (κ3) is 4.21.